The van der Waals surface area contributed by atoms with Gasteiger partial charge in [-0.1, -0.05) is 41.4 Å². The van der Waals surface area contributed by atoms with Gasteiger partial charge in [0.25, 0.3) is 0 Å². The fourth-order valence-corrected chi connectivity index (χ4v) is 4.70. The van der Waals surface area contributed by atoms with Gasteiger partial charge in [-0.05, 0) is 35.9 Å². The maximum atomic E-state index is 12.9. The Labute approximate surface area is 214 Å². The molecule has 0 aliphatic rings. The molecule has 0 fully saturated rings. The minimum atomic E-state index is -4.52. The zero-order valence-corrected chi connectivity index (χ0v) is 21.1. The highest BCUT2D eigenvalue weighted by molar-refractivity contribution is 7.90. The van der Waals surface area contributed by atoms with Crippen LogP contribution >= 0.6 is 23.2 Å². The Morgan fingerprint density at radius 1 is 1.11 bits per heavy atom. The minimum Gasteiger partial charge on any atom is -0.347 e. The molecule has 0 aliphatic carbocycles. The summed E-state index contributed by atoms with van der Waals surface area (Å²) in [6, 6.07) is 11.3. The van der Waals surface area contributed by atoms with Gasteiger partial charge in [-0.3, -0.25) is 9.36 Å². The van der Waals surface area contributed by atoms with E-state index in [0.29, 0.717) is 16.1 Å². The lowest BCUT2D eigenvalue weighted by Crippen LogP contribution is -2.38. The Morgan fingerprint density at radius 2 is 1.75 bits per heavy atom. The van der Waals surface area contributed by atoms with Gasteiger partial charge in [-0.25, -0.2) is 17.9 Å². The normalized spacial score (nSPS) is 12.9. The Hall–Kier alpha value is -2.83. The highest BCUT2D eigenvalue weighted by Crippen LogP contribution is 2.25. The molecule has 0 saturated heterocycles. The quantitative estimate of drug-likeness (QED) is 0.425. The Morgan fingerprint density at radius 3 is 2.33 bits per heavy atom. The van der Waals surface area contributed by atoms with Gasteiger partial charge in [0, 0.05) is 28.4 Å². The van der Waals surface area contributed by atoms with Crippen LogP contribution in [0.5, 0.6) is 0 Å². The largest absolute Gasteiger partial charge is 0.390 e. The summed E-state index contributed by atoms with van der Waals surface area (Å²) in [5.74, 6) is -1.32. The number of amides is 1. The van der Waals surface area contributed by atoms with Gasteiger partial charge in [-0.2, -0.15) is 13.2 Å². The van der Waals surface area contributed by atoms with Crippen LogP contribution in [-0.4, -0.2) is 46.9 Å². The second kappa shape index (κ2) is 11.1. The Bertz CT molecular complexity index is 1400. The van der Waals surface area contributed by atoms with Crippen molar-refractivity contribution >= 4 is 38.9 Å². The van der Waals surface area contributed by atoms with Crippen LogP contribution in [0.1, 0.15) is 18.0 Å². The molecule has 14 heteroatoms. The number of halogens is 5. The van der Waals surface area contributed by atoms with E-state index in [4.69, 9.17) is 23.2 Å². The van der Waals surface area contributed by atoms with Gasteiger partial charge in [0.1, 0.15) is 16.4 Å². The smallest absolute Gasteiger partial charge is 0.347 e. The topological polar surface area (TPSA) is 103 Å². The molecule has 8 nitrogen and oxygen atoms in total. The molecule has 194 valence electrons. The van der Waals surface area contributed by atoms with E-state index in [2.05, 4.69) is 10.4 Å². The van der Waals surface area contributed by atoms with Crippen LogP contribution in [-0.2, 0) is 27.7 Å². The van der Waals surface area contributed by atoms with Crippen molar-refractivity contribution in [1.82, 2.24) is 19.7 Å². The lowest BCUT2D eigenvalue weighted by Gasteiger charge is -2.19. The van der Waals surface area contributed by atoms with Crippen LogP contribution < -0.4 is 11.0 Å². The molecule has 0 aliphatic heterocycles. The van der Waals surface area contributed by atoms with Crippen molar-refractivity contribution in [2.24, 2.45) is 0 Å². The first kappa shape index (κ1) is 27.8. The predicted molar refractivity (Wildman–Crippen MR) is 130 cm³/mol. The summed E-state index contributed by atoms with van der Waals surface area (Å²) >= 11 is 12.0. The Kier molecular flexibility index (Phi) is 8.52. The molecule has 1 amide bonds. The number of alkyl halides is 3. The van der Waals surface area contributed by atoms with E-state index in [-0.39, 0.29) is 10.8 Å². The molecule has 1 heterocycles. The van der Waals surface area contributed by atoms with E-state index in [1.54, 1.807) is 18.2 Å². The van der Waals surface area contributed by atoms with Crippen molar-refractivity contribution in [2.45, 2.75) is 31.7 Å². The Balaban J connectivity index is 1.92. The average Bonchev–Trinajstić information content (AvgIpc) is 3.06. The number of hydrogen-bond donors (Lipinski definition) is 1. The van der Waals surface area contributed by atoms with Crippen molar-refractivity contribution in [1.29, 1.82) is 0 Å². The van der Waals surface area contributed by atoms with Gasteiger partial charge in [-0.15, -0.1) is 5.10 Å². The first-order valence-corrected chi connectivity index (χ1v) is 13.3. The van der Waals surface area contributed by atoms with E-state index in [1.807, 2.05) is 0 Å². The van der Waals surface area contributed by atoms with Gasteiger partial charge < -0.3 is 5.32 Å². The van der Waals surface area contributed by atoms with E-state index < -0.39 is 58.9 Å². The fraction of sp³-hybridized carbons (Fsp3) is 0.318. The van der Waals surface area contributed by atoms with Crippen LogP contribution in [0.15, 0.2) is 53.3 Å². The maximum Gasteiger partial charge on any atom is 0.390 e. The van der Waals surface area contributed by atoms with E-state index in [9.17, 15) is 31.2 Å². The standard InChI is InChI=1S/C22H21Cl2F3N4O4S/c1-36(34,35)13-18(16-4-2-3-5-17(16)24)28-19(32)12-31-21(33)30(11-10-22(25,26)27)20(29-31)14-6-8-15(23)9-7-14/h2-9,18H,10-13H2,1H3,(H,28,32). The predicted octanol–water partition coefficient (Wildman–Crippen LogP) is 3.87. The molecule has 2 aromatic carbocycles. The number of nitrogens with zero attached hydrogens (tertiary/aromatic N) is 3. The van der Waals surface area contributed by atoms with Crippen LogP contribution in [0.3, 0.4) is 0 Å². The fourth-order valence-electron chi connectivity index (χ4n) is 3.44. The van der Waals surface area contributed by atoms with Crippen molar-refractivity contribution in [3.8, 4) is 11.4 Å². The molecule has 1 unspecified atom stereocenters. The van der Waals surface area contributed by atoms with Gasteiger partial charge in [0.15, 0.2) is 5.82 Å². The third-order valence-corrected chi connectivity index (χ3v) is 6.56. The number of nitrogens with one attached hydrogen (secondary N) is 1. The molecule has 0 bridgehead atoms. The van der Waals surface area contributed by atoms with E-state index in [0.717, 1.165) is 15.5 Å². The molecule has 1 aromatic heterocycles. The second-order valence-electron chi connectivity index (χ2n) is 8.02. The highest BCUT2D eigenvalue weighted by atomic mass is 35.5. The van der Waals surface area contributed by atoms with Crippen LogP contribution in [0.4, 0.5) is 13.2 Å². The molecule has 1 N–H and O–H groups in total. The van der Waals surface area contributed by atoms with Crippen molar-refractivity contribution in [3.63, 3.8) is 0 Å². The van der Waals surface area contributed by atoms with Crippen molar-refractivity contribution in [3.05, 3.63) is 74.6 Å². The molecule has 0 radical (unpaired) electrons. The summed E-state index contributed by atoms with van der Waals surface area (Å²) in [4.78, 5) is 25.7. The van der Waals surface area contributed by atoms with Crippen LogP contribution in [0, 0.1) is 0 Å². The number of rotatable bonds is 9. The monoisotopic (exact) mass is 564 g/mol. The van der Waals surface area contributed by atoms with Gasteiger partial charge >= 0.3 is 11.9 Å². The van der Waals surface area contributed by atoms with Gasteiger partial charge in [0.05, 0.1) is 18.2 Å². The lowest BCUT2D eigenvalue weighted by atomic mass is 10.1. The third-order valence-electron chi connectivity index (χ3n) is 5.02. The minimum absolute atomic E-state index is 0.0764. The summed E-state index contributed by atoms with van der Waals surface area (Å²) in [6.45, 7) is -1.37. The number of benzene rings is 2. The summed E-state index contributed by atoms with van der Waals surface area (Å²) in [5, 5.41) is 7.20. The number of carbonyl (C=O) groups excluding carboxylic acids is 1. The molecule has 3 aromatic rings. The lowest BCUT2D eigenvalue weighted by molar-refractivity contribution is -0.136. The number of aromatic nitrogens is 3. The maximum absolute atomic E-state index is 12.9. The van der Waals surface area contributed by atoms with E-state index in [1.165, 1.54) is 30.3 Å². The molecular weight excluding hydrogens is 544 g/mol. The molecule has 3 rings (SSSR count). The van der Waals surface area contributed by atoms with Crippen molar-refractivity contribution in [2.75, 3.05) is 12.0 Å². The number of sulfone groups is 1. The van der Waals surface area contributed by atoms with Crippen molar-refractivity contribution < 1.29 is 26.4 Å². The highest BCUT2D eigenvalue weighted by Gasteiger charge is 2.29. The number of carbonyl (C=O) groups is 1. The molecule has 0 saturated carbocycles. The summed E-state index contributed by atoms with van der Waals surface area (Å²) in [7, 11) is -3.56. The summed E-state index contributed by atoms with van der Waals surface area (Å²) in [6.07, 6.45) is -4.81. The first-order valence-electron chi connectivity index (χ1n) is 10.5. The summed E-state index contributed by atoms with van der Waals surface area (Å²) < 4.78 is 64.0. The SMILES string of the molecule is CS(=O)(=O)CC(NC(=O)Cn1nc(-c2ccc(Cl)cc2)n(CCC(F)(F)F)c1=O)c1ccccc1Cl. The van der Waals surface area contributed by atoms with E-state index >= 15 is 0 Å². The molecular formula is C22H21Cl2F3N4O4S. The molecule has 0 spiro atoms. The second-order valence-corrected chi connectivity index (χ2v) is 11.1. The molecule has 1 atom stereocenters. The molecule has 36 heavy (non-hydrogen) atoms. The zero-order valence-electron chi connectivity index (χ0n) is 18.8. The third kappa shape index (κ3) is 7.58. The first-order chi connectivity index (χ1) is 16.7. The average molecular weight is 565 g/mol. The zero-order chi connectivity index (χ0) is 26.7. The van der Waals surface area contributed by atoms with Crippen LogP contribution in [0.2, 0.25) is 10.0 Å². The van der Waals surface area contributed by atoms with Crippen LogP contribution in [0.25, 0.3) is 11.4 Å². The summed E-state index contributed by atoms with van der Waals surface area (Å²) in [5.41, 5.74) is -0.261. The van der Waals surface area contributed by atoms with Gasteiger partial charge in [0.2, 0.25) is 5.91 Å². The number of hydrogen-bond acceptors (Lipinski definition) is 5.